The molecule has 108 valence electrons. The Hall–Kier alpha value is -0.380. The van der Waals surface area contributed by atoms with Crippen LogP contribution in [0.4, 0.5) is 0 Å². The molecule has 3 heteroatoms. The lowest BCUT2D eigenvalue weighted by atomic mass is 10.2. The molecule has 1 fully saturated rings. The Morgan fingerprint density at radius 3 is 2.89 bits per heavy atom. The van der Waals surface area contributed by atoms with Crippen LogP contribution in [-0.4, -0.2) is 12.6 Å². The molecular formula is C16H27NOS. The van der Waals surface area contributed by atoms with Crippen LogP contribution in [0.15, 0.2) is 6.07 Å². The molecule has 0 atom stereocenters. The molecule has 1 heterocycles. The SMILES string of the molecule is CCCCCCOCc1cc(CNC2CC2)sc1C. The van der Waals surface area contributed by atoms with E-state index in [4.69, 9.17) is 4.74 Å². The van der Waals surface area contributed by atoms with Crippen LogP contribution in [-0.2, 0) is 17.9 Å². The third-order valence-corrected chi connectivity index (χ3v) is 4.71. The molecule has 1 N–H and O–H groups in total. The summed E-state index contributed by atoms with van der Waals surface area (Å²) in [5.41, 5.74) is 1.38. The van der Waals surface area contributed by atoms with E-state index in [2.05, 4.69) is 25.2 Å². The molecule has 1 aliphatic carbocycles. The van der Waals surface area contributed by atoms with Gasteiger partial charge in [-0.05, 0) is 37.8 Å². The van der Waals surface area contributed by atoms with E-state index >= 15 is 0 Å². The first-order valence-corrected chi connectivity index (χ1v) is 8.50. The first-order chi connectivity index (χ1) is 9.29. The van der Waals surface area contributed by atoms with E-state index in [0.29, 0.717) is 0 Å². The highest BCUT2D eigenvalue weighted by Gasteiger charge is 2.20. The quantitative estimate of drug-likeness (QED) is 0.642. The largest absolute Gasteiger partial charge is 0.377 e. The molecule has 0 unspecified atom stereocenters. The lowest BCUT2D eigenvalue weighted by Crippen LogP contribution is -2.14. The minimum absolute atomic E-state index is 0.790. The number of hydrogen-bond donors (Lipinski definition) is 1. The summed E-state index contributed by atoms with van der Waals surface area (Å²) in [6.07, 6.45) is 7.85. The average molecular weight is 281 g/mol. The van der Waals surface area contributed by atoms with Gasteiger partial charge in [-0.15, -0.1) is 11.3 Å². The van der Waals surface area contributed by atoms with Crippen LogP contribution in [0.5, 0.6) is 0 Å². The van der Waals surface area contributed by atoms with Crippen LogP contribution in [0.3, 0.4) is 0 Å². The van der Waals surface area contributed by atoms with E-state index in [1.54, 1.807) is 0 Å². The van der Waals surface area contributed by atoms with Crippen LogP contribution in [0.1, 0.15) is 60.8 Å². The van der Waals surface area contributed by atoms with Gasteiger partial charge < -0.3 is 10.1 Å². The molecular weight excluding hydrogens is 254 g/mol. The van der Waals surface area contributed by atoms with Crippen molar-refractivity contribution in [3.05, 3.63) is 21.4 Å². The van der Waals surface area contributed by atoms with Crippen LogP contribution >= 0.6 is 11.3 Å². The number of aryl methyl sites for hydroxylation is 1. The number of rotatable bonds is 10. The summed E-state index contributed by atoms with van der Waals surface area (Å²) >= 11 is 1.91. The molecule has 0 amide bonds. The van der Waals surface area contributed by atoms with Crippen molar-refractivity contribution in [1.29, 1.82) is 0 Å². The van der Waals surface area contributed by atoms with Crippen molar-refractivity contribution in [2.45, 2.75) is 71.6 Å². The number of thiophene rings is 1. The number of ether oxygens (including phenoxy) is 1. The van der Waals surface area contributed by atoms with Crippen molar-refractivity contribution in [2.24, 2.45) is 0 Å². The Morgan fingerprint density at radius 1 is 1.32 bits per heavy atom. The molecule has 0 bridgehead atoms. The molecule has 2 nitrogen and oxygen atoms in total. The molecule has 2 rings (SSSR count). The molecule has 1 aliphatic rings. The summed E-state index contributed by atoms with van der Waals surface area (Å²) in [4.78, 5) is 2.87. The number of hydrogen-bond acceptors (Lipinski definition) is 3. The van der Waals surface area contributed by atoms with E-state index in [0.717, 1.165) is 25.8 Å². The second-order valence-corrected chi connectivity index (χ2v) is 6.90. The second-order valence-electron chi connectivity index (χ2n) is 5.56. The van der Waals surface area contributed by atoms with Crippen LogP contribution < -0.4 is 5.32 Å². The van der Waals surface area contributed by atoms with Gasteiger partial charge in [0.05, 0.1) is 6.61 Å². The maximum atomic E-state index is 5.78. The highest BCUT2D eigenvalue weighted by molar-refractivity contribution is 7.12. The summed E-state index contributed by atoms with van der Waals surface area (Å²) in [6.45, 7) is 7.18. The Morgan fingerprint density at radius 2 is 2.16 bits per heavy atom. The maximum Gasteiger partial charge on any atom is 0.0727 e. The van der Waals surface area contributed by atoms with Crippen LogP contribution in [0.25, 0.3) is 0 Å². The molecule has 1 aromatic heterocycles. The van der Waals surface area contributed by atoms with Gasteiger partial charge in [-0.2, -0.15) is 0 Å². The van der Waals surface area contributed by atoms with Crippen LogP contribution in [0, 0.1) is 6.92 Å². The molecule has 0 spiro atoms. The third-order valence-electron chi connectivity index (χ3n) is 3.61. The van der Waals surface area contributed by atoms with Crippen molar-refractivity contribution in [3.63, 3.8) is 0 Å². The van der Waals surface area contributed by atoms with Crippen molar-refractivity contribution in [2.75, 3.05) is 6.61 Å². The van der Waals surface area contributed by atoms with E-state index in [1.165, 1.54) is 53.8 Å². The highest BCUT2D eigenvalue weighted by atomic mass is 32.1. The van der Waals surface area contributed by atoms with Crippen LogP contribution in [0.2, 0.25) is 0 Å². The molecule has 1 aromatic rings. The average Bonchev–Trinajstić information content (AvgIpc) is 3.16. The van der Waals surface area contributed by atoms with E-state index in [1.807, 2.05) is 11.3 Å². The van der Waals surface area contributed by atoms with Crippen molar-refractivity contribution < 1.29 is 4.74 Å². The number of unbranched alkanes of at least 4 members (excludes halogenated alkanes) is 3. The Balaban J connectivity index is 1.64. The lowest BCUT2D eigenvalue weighted by molar-refractivity contribution is 0.116. The highest BCUT2D eigenvalue weighted by Crippen LogP contribution is 2.24. The molecule has 0 aromatic carbocycles. The number of nitrogens with one attached hydrogen (secondary N) is 1. The minimum Gasteiger partial charge on any atom is -0.377 e. The fourth-order valence-electron chi connectivity index (χ4n) is 2.16. The first-order valence-electron chi connectivity index (χ1n) is 7.69. The molecule has 1 saturated carbocycles. The van der Waals surface area contributed by atoms with Gasteiger partial charge in [-0.3, -0.25) is 0 Å². The van der Waals surface area contributed by atoms with Gasteiger partial charge in [0, 0.05) is 28.9 Å². The monoisotopic (exact) mass is 281 g/mol. The Bertz CT molecular complexity index is 371. The summed E-state index contributed by atoms with van der Waals surface area (Å²) in [5, 5.41) is 3.57. The topological polar surface area (TPSA) is 21.3 Å². The summed E-state index contributed by atoms with van der Waals surface area (Å²) in [7, 11) is 0. The van der Waals surface area contributed by atoms with Crippen molar-refractivity contribution >= 4 is 11.3 Å². The molecule has 0 radical (unpaired) electrons. The fraction of sp³-hybridized carbons (Fsp3) is 0.750. The van der Waals surface area contributed by atoms with Gasteiger partial charge in [0.25, 0.3) is 0 Å². The Labute approximate surface area is 121 Å². The van der Waals surface area contributed by atoms with Gasteiger partial charge in [-0.1, -0.05) is 26.2 Å². The molecule has 0 saturated heterocycles. The van der Waals surface area contributed by atoms with E-state index in [9.17, 15) is 0 Å². The zero-order valence-electron chi connectivity index (χ0n) is 12.3. The predicted molar refractivity (Wildman–Crippen MR) is 82.7 cm³/mol. The van der Waals surface area contributed by atoms with Crippen molar-refractivity contribution in [3.8, 4) is 0 Å². The molecule has 19 heavy (non-hydrogen) atoms. The summed E-state index contributed by atoms with van der Waals surface area (Å²) in [6, 6.07) is 3.11. The predicted octanol–water partition coefficient (Wildman–Crippen LogP) is 4.41. The van der Waals surface area contributed by atoms with Gasteiger partial charge >= 0.3 is 0 Å². The van der Waals surface area contributed by atoms with Gasteiger partial charge in [0.15, 0.2) is 0 Å². The molecule has 0 aliphatic heterocycles. The Kier molecular flexibility index (Phi) is 6.35. The van der Waals surface area contributed by atoms with Gasteiger partial charge in [0.2, 0.25) is 0 Å². The summed E-state index contributed by atoms with van der Waals surface area (Å²) in [5.74, 6) is 0. The fourth-order valence-corrected chi connectivity index (χ4v) is 3.16. The van der Waals surface area contributed by atoms with E-state index < -0.39 is 0 Å². The maximum absolute atomic E-state index is 5.78. The summed E-state index contributed by atoms with van der Waals surface area (Å²) < 4.78 is 5.78. The lowest BCUT2D eigenvalue weighted by Gasteiger charge is -2.03. The second kappa shape index (κ2) is 8.03. The zero-order chi connectivity index (χ0) is 13.5. The van der Waals surface area contributed by atoms with Gasteiger partial charge in [0.1, 0.15) is 0 Å². The first kappa shape index (κ1) is 15.0. The zero-order valence-corrected chi connectivity index (χ0v) is 13.2. The van der Waals surface area contributed by atoms with Crippen molar-refractivity contribution in [1.82, 2.24) is 5.32 Å². The van der Waals surface area contributed by atoms with E-state index in [-0.39, 0.29) is 0 Å². The smallest absolute Gasteiger partial charge is 0.0727 e. The third kappa shape index (κ3) is 5.64. The minimum atomic E-state index is 0.790. The van der Waals surface area contributed by atoms with Gasteiger partial charge in [-0.25, -0.2) is 0 Å². The normalized spacial score (nSPS) is 15.1. The standard InChI is InChI=1S/C16H27NOS/c1-3-4-5-6-9-18-12-14-10-16(19-13(14)2)11-17-15-7-8-15/h10,15,17H,3-9,11-12H2,1-2H3.